The van der Waals surface area contributed by atoms with Crippen LogP contribution in [-0.4, -0.2) is 61.2 Å². The third-order valence-corrected chi connectivity index (χ3v) is 3.55. The zero-order valence-electron chi connectivity index (χ0n) is 12.3. The van der Waals surface area contributed by atoms with Crippen LogP contribution in [0.4, 0.5) is 4.39 Å². The van der Waals surface area contributed by atoms with Crippen LogP contribution in [0, 0.1) is 5.82 Å². The lowest BCUT2D eigenvalue weighted by Gasteiger charge is -2.33. The summed E-state index contributed by atoms with van der Waals surface area (Å²) in [5.41, 5.74) is 3.24. The Kier molecular flexibility index (Phi) is 5.83. The van der Waals surface area contributed by atoms with E-state index in [1.165, 1.54) is 18.3 Å². The Bertz CT molecular complexity index is 481. The number of amides is 1. The lowest BCUT2D eigenvalue weighted by atomic mass is 10.2. The van der Waals surface area contributed by atoms with Gasteiger partial charge in [0.1, 0.15) is 5.82 Å². The Balaban J connectivity index is 1.71. The number of likely N-dealkylation sites (N-methyl/N-ethyl adjacent to an activating group) is 1. The Labute approximate surface area is 124 Å². The number of halogens is 1. The van der Waals surface area contributed by atoms with E-state index in [1.807, 2.05) is 0 Å². The highest BCUT2D eigenvalue weighted by molar-refractivity contribution is 5.83. The highest BCUT2D eigenvalue weighted by Crippen LogP contribution is 2.01. The zero-order valence-corrected chi connectivity index (χ0v) is 12.3. The zero-order chi connectivity index (χ0) is 15.1. The number of hydrogen-bond donors (Lipinski definition) is 1. The molecule has 2 rings (SSSR count). The fourth-order valence-corrected chi connectivity index (χ4v) is 2.23. The van der Waals surface area contributed by atoms with E-state index in [-0.39, 0.29) is 11.7 Å². The molecule has 0 saturated carbocycles. The van der Waals surface area contributed by atoms with E-state index in [0.717, 1.165) is 38.3 Å². The van der Waals surface area contributed by atoms with Crippen molar-refractivity contribution in [1.82, 2.24) is 15.2 Å². The monoisotopic (exact) mass is 292 g/mol. The number of benzene rings is 1. The van der Waals surface area contributed by atoms with Crippen molar-refractivity contribution in [2.45, 2.75) is 6.92 Å². The van der Waals surface area contributed by atoms with Crippen LogP contribution in [0.25, 0.3) is 0 Å². The average Bonchev–Trinajstić information content (AvgIpc) is 2.50. The van der Waals surface area contributed by atoms with Gasteiger partial charge in [-0.05, 0) is 24.2 Å². The summed E-state index contributed by atoms with van der Waals surface area (Å²) in [6.45, 7) is 7.38. The molecule has 1 amide bonds. The van der Waals surface area contributed by atoms with Gasteiger partial charge in [0.05, 0.1) is 12.8 Å². The molecule has 0 bridgehead atoms. The minimum Gasteiger partial charge on any atom is -0.301 e. The highest BCUT2D eigenvalue weighted by atomic mass is 19.1. The maximum absolute atomic E-state index is 12.7. The Morgan fingerprint density at radius 1 is 1.24 bits per heavy atom. The smallest absolute Gasteiger partial charge is 0.254 e. The van der Waals surface area contributed by atoms with Gasteiger partial charge < -0.3 is 4.90 Å². The third kappa shape index (κ3) is 5.24. The molecule has 1 saturated heterocycles. The van der Waals surface area contributed by atoms with Gasteiger partial charge in [-0.1, -0.05) is 19.1 Å². The summed E-state index contributed by atoms with van der Waals surface area (Å²) in [5, 5.41) is 3.88. The maximum Gasteiger partial charge on any atom is 0.254 e. The van der Waals surface area contributed by atoms with Crippen molar-refractivity contribution in [2.75, 3.05) is 39.3 Å². The summed E-state index contributed by atoms with van der Waals surface area (Å²) in [4.78, 5) is 16.2. The Hall–Kier alpha value is -1.79. The first-order valence-corrected chi connectivity index (χ1v) is 7.19. The van der Waals surface area contributed by atoms with Gasteiger partial charge in [-0.15, -0.1) is 0 Å². The quantitative estimate of drug-likeness (QED) is 0.648. The molecule has 0 aliphatic carbocycles. The molecule has 0 radical (unpaired) electrons. The second-order valence-corrected chi connectivity index (χ2v) is 5.06. The van der Waals surface area contributed by atoms with Crippen molar-refractivity contribution < 1.29 is 9.18 Å². The molecule has 0 aromatic heterocycles. The molecule has 1 aliphatic heterocycles. The molecule has 114 valence electrons. The number of rotatable bonds is 5. The standard InChI is InChI=1S/C15H21FN4O/c1-2-19-7-9-20(10-8-19)12-15(21)18-17-11-13-3-5-14(16)6-4-13/h3-6,11H,2,7-10,12H2,1H3,(H,18,21)/b17-11+. The Morgan fingerprint density at radius 2 is 1.86 bits per heavy atom. The summed E-state index contributed by atoms with van der Waals surface area (Å²) >= 11 is 0. The van der Waals surface area contributed by atoms with Crippen molar-refractivity contribution in [3.05, 3.63) is 35.6 Å². The molecule has 1 N–H and O–H groups in total. The summed E-state index contributed by atoms with van der Waals surface area (Å²) in [7, 11) is 0. The van der Waals surface area contributed by atoms with Crippen molar-refractivity contribution in [2.24, 2.45) is 5.10 Å². The van der Waals surface area contributed by atoms with E-state index >= 15 is 0 Å². The molecule has 1 aliphatic rings. The minimum atomic E-state index is -0.289. The summed E-state index contributed by atoms with van der Waals surface area (Å²) in [6.07, 6.45) is 1.51. The number of carbonyl (C=O) groups is 1. The molecular formula is C15H21FN4O. The van der Waals surface area contributed by atoms with Gasteiger partial charge in [-0.25, -0.2) is 9.82 Å². The minimum absolute atomic E-state index is 0.127. The molecule has 0 spiro atoms. The van der Waals surface area contributed by atoms with Gasteiger partial charge in [-0.2, -0.15) is 5.10 Å². The molecule has 0 unspecified atom stereocenters. The molecule has 5 nitrogen and oxygen atoms in total. The van der Waals surface area contributed by atoms with E-state index < -0.39 is 0 Å². The number of piperazine rings is 1. The van der Waals surface area contributed by atoms with Gasteiger partial charge >= 0.3 is 0 Å². The van der Waals surface area contributed by atoms with Crippen LogP contribution < -0.4 is 5.43 Å². The van der Waals surface area contributed by atoms with Gasteiger partial charge in [-0.3, -0.25) is 9.69 Å². The molecule has 1 heterocycles. The topological polar surface area (TPSA) is 47.9 Å². The predicted molar refractivity (Wildman–Crippen MR) is 80.7 cm³/mol. The SMILES string of the molecule is CCN1CCN(CC(=O)N/N=C/c2ccc(F)cc2)CC1. The van der Waals surface area contributed by atoms with E-state index in [1.54, 1.807) is 12.1 Å². The number of nitrogens with one attached hydrogen (secondary N) is 1. The lowest BCUT2D eigenvalue weighted by Crippen LogP contribution is -2.48. The molecule has 0 atom stereocenters. The van der Waals surface area contributed by atoms with Gasteiger partial charge in [0.2, 0.25) is 0 Å². The summed E-state index contributed by atoms with van der Waals surface area (Å²) < 4.78 is 12.7. The van der Waals surface area contributed by atoms with E-state index in [9.17, 15) is 9.18 Å². The normalized spacial score (nSPS) is 17.2. The first-order valence-electron chi connectivity index (χ1n) is 7.19. The number of hydrazone groups is 1. The van der Waals surface area contributed by atoms with E-state index in [2.05, 4.69) is 27.3 Å². The van der Waals surface area contributed by atoms with Gasteiger partial charge in [0, 0.05) is 26.2 Å². The van der Waals surface area contributed by atoms with Crippen molar-refractivity contribution >= 4 is 12.1 Å². The number of carbonyl (C=O) groups excluding carboxylic acids is 1. The average molecular weight is 292 g/mol. The van der Waals surface area contributed by atoms with Crippen molar-refractivity contribution in [3.8, 4) is 0 Å². The second-order valence-electron chi connectivity index (χ2n) is 5.06. The second kappa shape index (κ2) is 7.85. The van der Waals surface area contributed by atoms with Crippen molar-refractivity contribution in [1.29, 1.82) is 0 Å². The van der Waals surface area contributed by atoms with Crippen LogP contribution in [-0.2, 0) is 4.79 Å². The van der Waals surface area contributed by atoms with E-state index in [4.69, 9.17) is 0 Å². The predicted octanol–water partition coefficient (Wildman–Crippen LogP) is 0.913. The molecular weight excluding hydrogens is 271 g/mol. The molecule has 21 heavy (non-hydrogen) atoms. The van der Waals surface area contributed by atoms with Crippen LogP contribution in [0.3, 0.4) is 0 Å². The fraction of sp³-hybridized carbons (Fsp3) is 0.467. The van der Waals surface area contributed by atoms with Crippen LogP contribution in [0.15, 0.2) is 29.4 Å². The van der Waals surface area contributed by atoms with Crippen LogP contribution in [0.5, 0.6) is 0 Å². The number of nitrogens with zero attached hydrogens (tertiary/aromatic N) is 3. The first-order chi connectivity index (χ1) is 10.2. The van der Waals surface area contributed by atoms with Gasteiger partial charge in [0.15, 0.2) is 0 Å². The van der Waals surface area contributed by atoms with Crippen molar-refractivity contribution in [3.63, 3.8) is 0 Å². The number of hydrogen-bond acceptors (Lipinski definition) is 4. The molecule has 1 aromatic carbocycles. The first kappa shape index (κ1) is 15.6. The lowest BCUT2D eigenvalue weighted by molar-refractivity contribution is -0.122. The van der Waals surface area contributed by atoms with E-state index in [0.29, 0.717) is 6.54 Å². The molecule has 1 aromatic rings. The molecule has 6 heteroatoms. The largest absolute Gasteiger partial charge is 0.301 e. The Morgan fingerprint density at radius 3 is 2.48 bits per heavy atom. The van der Waals surface area contributed by atoms with Gasteiger partial charge in [0.25, 0.3) is 5.91 Å². The highest BCUT2D eigenvalue weighted by Gasteiger charge is 2.17. The van der Waals surface area contributed by atoms with Crippen LogP contribution >= 0.6 is 0 Å². The third-order valence-electron chi connectivity index (χ3n) is 3.55. The summed E-state index contributed by atoms with van der Waals surface area (Å²) in [6, 6.07) is 5.93. The fourth-order valence-electron chi connectivity index (χ4n) is 2.23. The van der Waals surface area contributed by atoms with Crippen LogP contribution in [0.1, 0.15) is 12.5 Å². The maximum atomic E-state index is 12.7. The molecule has 1 fully saturated rings. The summed E-state index contributed by atoms with van der Waals surface area (Å²) in [5.74, 6) is -0.416. The van der Waals surface area contributed by atoms with Crippen LogP contribution in [0.2, 0.25) is 0 Å².